The Kier molecular flexibility index (Phi) is 7.49. The van der Waals surface area contributed by atoms with Crippen molar-refractivity contribution >= 4 is 8.38 Å². The number of hydrogen-bond donors (Lipinski definition) is 0. The molecule has 90 valence electrons. The van der Waals surface area contributed by atoms with Crippen LogP contribution in [0.5, 0.6) is 0 Å². The fraction of sp³-hybridized carbons (Fsp3) is 1.00. The summed E-state index contributed by atoms with van der Waals surface area (Å²) in [5.74, 6) is 0. The first-order chi connectivity index (χ1) is 7.36. The summed E-state index contributed by atoms with van der Waals surface area (Å²) in [6.07, 6.45) is 2.96. The molecule has 1 atom stereocenters. The van der Waals surface area contributed by atoms with Crippen LogP contribution in [0.15, 0.2) is 0 Å². The van der Waals surface area contributed by atoms with Crippen LogP contribution in [-0.2, 0) is 18.5 Å². The molecular weight excluding hydrogens is 215 g/mol. The van der Waals surface area contributed by atoms with E-state index >= 15 is 0 Å². The molecule has 1 unspecified atom stereocenters. The zero-order valence-electron chi connectivity index (χ0n) is 9.61. The van der Waals surface area contributed by atoms with Crippen LogP contribution in [0.1, 0.15) is 26.7 Å². The molecule has 0 N–H and O–H groups in total. The Morgan fingerprint density at radius 2 is 2.00 bits per heavy atom. The van der Waals surface area contributed by atoms with Crippen molar-refractivity contribution in [1.82, 2.24) is 0 Å². The summed E-state index contributed by atoms with van der Waals surface area (Å²) in [5, 5.41) is 0. The van der Waals surface area contributed by atoms with E-state index in [-0.39, 0.29) is 6.10 Å². The second kappa shape index (κ2) is 8.43. The van der Waals surface area contributed by atoms with Crippen molar-refractivity contribution in [3.8, 4) is 0 Å². The second-order valence-corrected chi connectivity index (χ2v) is 4.74. The fourth-order valence-electron chi connectivity index (χ4n) is 1.41. The molecule has 15 heavy (non-hydrogen) atoms. The van der Waals surface area contributed by atoms with Gasteiger partial charge in [-0.05, 0) is 26.7 Å². The van der Waals surface area contributed by atoms with Gasteiger partial charge in [0.2, 0.25) is 0 Å². The molecule has 0 aromatic rings. The largest absolute Gasteiger partial charge is 0.379 e. The van der Waals surface area contributed by atoms with Gasteiger partial charge in [0.1, 0.15) is 6.35 Å². The normalized spacial score (nSPS) is 22.2. The maximum atomic E-state index is 5.70. The average Bonchev–Trinajstić information content (AvgIpc) is 2.28. The minimum Gasteiger partial charge on any atom is -0.379 e. The molecular formula is C10H21O4P. The van der Waals surface area contributed by atoms with Crippen LogP contribution in [-0.4, -0.2) is 38.9 Å². The van der Waals surface area contributed by atoms with Crippen LogP contribution in [0.2, 0.25) is 0 Å². The van der Waals surface area contributed by atoms with Crippen molar-refractivity contribution in [2.24, 2.45) is 0 Å². The minimum atomic E-state index is -0.863. The lowest BCUT2D eigenvalue weighted by atomic mass is 10.2. The van der Waals surface area contributed by atoms with Gasteiger partial charge >= 0.3 is 0 Å². The summed E-state index contributed by atoms with van der Waals surface area (Å²) in [6.45, 7) is 6.87. The molecule has 4 nitrogen and oxygen atoms in total. The van der Waals surface area contributed by atoms with Gasteiger partial charge in [0.05, 0.1) is 25.9 Å². The van der Waals surface area contributed by atoms with Gasteiger partial charge < -0.3 is 18.5 Å². The van der Waals surface area contributed by atoms with E-state index in [9.17, 15) is 0 Å². The van der Waals surface area contributed by atoms with Gasteiger partial charge in [-0.25, -0.2) is 0 Å². The predicted octanol–water partition coefficient (Wildman–Crippen LogP) is 2.52. The molecule has 0 amide bonds. The van der Waals surface area contributed by atoms with E-state index in [0.29, 0.717) is 26.2 Å². The summed E-state index contributed by atoms with van der Waals surface area (Å²) >= 11 is 0. The topological polar surface area (TPSA) is 36.9 Å². The van der Waals surface area contributed by atoms with Gasteiger partial charge in [-0.2, -0.15) is 0 Å². The van der Waals surface area contributed by atoms with E-state index in [4.69, 9.17) is 18.5 Å². The first-order valence-electron chi connectivity index (χ1n) is 5.59. The standard InChI is InChI=1S/C10H21O4P/c1-3-13-15(14-4-2)9-12-10-6-5-7-11-8-10/h10H,3-9H2,1-2H3. The van der Waals surface area contributed by atoms with Gasteiger partial charge in [0.25, 0.3) is 0 Å². The average molecular weight is 236 g/mol. The summed E-state index contributed by atoms with van der Waals surface area (Å²) < 4.78 is 21.9. The van der Waals surface area contributed by atoms with Crippen molar-refractivity contribution < 1.29 is 18.5 Å². The van der Waals surface area contributed by atoms with Crippen LogP contribution in [0.25, 0.3) is 0 Å². The number of hydrogen-bond acceptors (Lipinski definition) is 4. The molecule has 0 aromatic carbocycles. The maximum absolute atomic E-state index is 5.70. The zero-order valence-corrected chi connectivity index (χ0v) is 10.5. The third kappa shape index (κ3) is 5.79. The third-order valence-electron chi connectivity index (χ3n) is 2.08. The second-order valence-electron chi connectivity index (χ2n) is 3.30. The van der Waals surface area contributed by atoms with Crippen LogP contribution in [0, 0.1) is 0 Å². The van der Waals surface area contributed by atoms with Gasteiger partial charge in [0, 0.05) is 6.61 Å². The molecule has 1 aliphatic rings. The highest BCUT2D eigenvalue weighted by Crippen LogP contribution is 2.38. The van der Waals surface area contributed by atoms with E-state index in [1.54, 1.807) is 0 Å². The molecule has 0 saturated carbocycles. The van der Waals surface area contributed by atoms with Gasteiger partial charge in [-0.15, -0.1) is 0 Å². The Labute approximate surface area is 93.1 Å². The molecule has 0 aliphatic carbocycles. The van der Waals surface area contributed by atoms with Crippen LogP contribution < -0.4 is 0 Å². The fourth-order valence-corrected chi connectivity index (χ4v) is 2.54. The highest BCUT2D eigenvalue weighted by molar-refractivity contribution is 7.47. The van der Waals surface area contributed by atoms with Gasteiger partial charge in [-0.3, -0.25) is 0 Å². The van der Waals surface area contributed by atoms with Crippen molar-refractivity contribution in [2.45, 2.75) is 32.8 Å². The van der Waals surface area contributed by atoms with Gasteiger partial charge in [-0.1, -0.05) is 0 Å². The highest BCUT2D eigenvalue weighted by Gasteiger charge is 2.17. The van der Waals surface area contributed by atoms with E-state index in [0.717, 1.165) is 19.4 Å². The molecule has 1 aliphatic heterocycles. The monoisotopic (exact) mass is 236 g/mol. The molecule has 1 fully saturated rings. The Morgan fingerprint density at radius 3 is 2.53 bits per heavy atom. The van der Waals surface area contributed by atoms with Gasteiger partial charge in [0.15, 0.2) is 8.38 Å². The van der Waals surface area contributed by atoms with Crippen molar-refractivity contribution in [1.29, 1.82) is 0 Å². The molecule has 1 heterocycles. The highest BCUT2D eigenvalue weighted by atomic mass is 31.2. The summed E-state index contributed by atoms with van der Waals surface area (Å²) in [7, 11) is -0.863. The predicted molar refractivity (Wildman–Crippen MR) is 60.0 cm³/mol. The van der Waals surface area contributed by atoms with Crippen molar-refractivity contribution in [2.75, 3.05) is 32.8 Å². The van der Waals surface area contributed by atoms with Crippen LogP contribution in [0.3, 0.4) is 0 Å². The number of ether oxygens (including phenoxy) is 2. The molecule has 1 saturated heterocycles. The first kappa shape index (κ1) is 13.3. The SMILES string of the molecule is CCOP(COC1CCCOC1)OCC. The third-order valence-corrected chi connectivity index (χ3v) is 3.53. The number of rotatable bonds is 7. The van der Waals surface area contributed by atoms with Crippen molar-refractivity contribution in [3.63, 3.8) is 0 Å². The van der Waals surface area contributed by atoms with Crippen LogP contribution in [0.4, 0.5) is 0 Å². The molecule has 0 spiro atoms. The molecule has 5 heteroatoms. The summed E-state index contributed by atoms with van der Waals surface area (Å²) in [5.41, 5.74) is 0. The van der Waals surface area contributed by atoms with E-state index in [2.05, 4.69) is 0 Å². The molecule has 1 rings (SSSR count). The molecule has 0 aromatic heterocycles. The molecule has 0 radical (unpaired) electrons. The van der Waals surface area contributed by atoms with Crippen molar-refractivity contribution in [3.05, 3.63) is 0 Å². The Morgan fingerprint density at radius 1 is 1.27 bits per heavy atom. The smallest absolute Gasteiger partial charge is 0.198 e. The van der Waals surface area contributed by atoms with E-state index in [1.165, 1.54) is 0 Å². The Hall–Kier alpha value is 0.270. The Bertz CT molecular complexity index is 144. The van der Waals surface area contributed by atoms with E-state index in [1.807, 2.05) is 13.8 Å². The zero-order chi connectivity index (χ0) is 10.9. The lowest BCUT2D eigenvalue weighted by Gasteiger charge is -2.24. The van der Waals surface area contributed by atoms with E-state index < -0.39 is 8.38 Å². The Balaban J connectivity index is 2.13. The van der Waals surface area contributed by atoms with Crippen LogP contribution >= 0.6 is 8.38 Å². The first-order valence-corrected chi connectivity index (χ1v) is 6.95. The summed E-state index contributed by atoms with van der Waals surface area (Å²) in [4.78, 5) is 0. The summed E-state index contributed by atoms with van der Waals surface area (Å²) in [6, 6.07) is 0. The lowest BCUT2D eigenvalue weighted by Crippen LogP contribution is -2.25. The maximum Gasteiger partial charge on any atom is 0.198 e. The quantitative estimate of drug-likeness (QED) is 0.636. The molecule has 0 bridgehead atoms. The lowest BCUT2D eigenvalue weighted by molar-refractivity contribution is -0.0385. The minimum absolute atomic E-state index is 0.227.